The molecule has 8 heteroatoms. The molecular weight excluding hydrogens is 420 g/mol. The number of anilines is 1. The Bertz CT molecular complexity index is 1230. The van der Waals surface area contributed by atoms with E-state index < -0.39 is 0 Å². The average Bonchev–Trinajstić information content (AvgIpc) is 3.41. The maximum atomic E-state index is 13.4. The molecule has 33 heavy (non-hydrogen) atoms. The van der Waals surface area contributed by atoms with Crippen LogP contribution >= 0.6 is 0 Å². The molecule has 0 saturated carbocycles. The summed E-state index contributed by atoms with van der Waals surface area (Å²) in [5, 5.41) is 14.0. The molecule has 2 aromatic carbocycles. The first-order valence-electron chi connectivity index (χ1n) is 11.3. The number of carbonyl (C=O) groups excluding carboxylic acids is 1. The number of rotatable bonds is 4. The van der Waals surface area contributed by atoms with Crippen molar-refractivity contribution in [1.29, 1.82) is 0 Å². The summed E-state index contributed by atoms with van der Waals surface area (Å²) in [6.07, 6.45) is 0.542. The van der Waals surface area contributed by atoms with Crippen molar-refractivity contribution in [1.82, 2.24) is 14.7 Å². The molecule has 0 unspecified atom stereocenters. The summed E-state index contributed by atoms with van der Waals surface area (Å²) in [5.74, 6) is 1.45. The Balaban J connectivity index is 1.27. The van der Waals surface area contributed by atoms with E-state index in [0.717, 1.165) is 46.0 Å². The van der Waals surface area contributed by atoms with Crippen LogP contribution in [-0.4, -0.2) is 64.6 Å². The van der Waals surface area contributed by atoms with Crippen molar-refractivity contribution in [2.45, 2.75) is 19.1 Å². The number of hydrogen-bond acceptors (Lipinski definition) is 6. The fourth-order valence-electron chi connectivity index (χ4n) is 4.92. The number of aliphatic hydroxyl groups excluding tert-OH is 1. The van der Waals surface area contributed by atoms with Crippen LogP contribution in [0.25, 0.3) is 11.1 Å². The van der Waals surface area contributed by atoms with Gasteiger partial charge in [-0.25, -0.2) is 0 Å². The molecule has 0 spiro atoms. The number of likely N-dealkylation sites (tertiary alicyclic amines) is 1. The molecule has 170 valence electrons. The highest BCUT2D eigenvalue weighted by Gasteiger charge is 2.30. The molecule has 4 heterocycles. The van der Waals surface area contributed by atoms with E-state index in [1.807, 2.05) is 48.3 Å². The smallest absolute Gasteiger partial charge is 0.278 e. The number of aryl methyl sites for hydroxylation is 1. The molecule has 1 amide bonds. The number of amides is 1. The lowest BCUT2D eigenvalue weighted by atomic mass is 9.97. The SMILES string of the molecule is Cn1nc(C(=O)N2CCc3c(-c4ccc5c(c4)OCCO5)cccc32)cc1CN1CC(O)C1. The van der Waals surface area contributed by atoms with Crippen molar-refractivity contribution in [3.63, 3.8) is 0 Å². The van der Waals surface area contributed by atoms with Gasteiger partial charge in [0, 0.05) is 38.9 Å². The van der Waals surface area contributed by atoms with Crippen LogP contribution in [-0.2, 0) is 20.0 Å². The van der Waals surface area contributed by atoms with E-state index >= 15 is 0 Å². The van der Waals surface area contributed by atoms with Gasteiger partial charge < -0.3 is 19.5 Å². The maximum absolute atomic E-state index is 13.4. The highest BCUT2D eigenvalue weighted by molar-refractivity contribution is 6.06. The van der Waals surface area contributed by atoms with Crippen molar-refractivity contribution in [2.75, 3.05) is 37.7 Å². The lowest BCUT2D eigenvalue weighted by Crippen LogP contribution is -2.50. The van der Waals surface area contributed by atoms with Crippen LogP contribution in [0.5, 0.6) is 11.5 Å². The first-order valence-corrected chi connectivity index (χ1v) is 11.3. The number of benzene rings is 2. The Morgan fingerprint density at radius 3 is 2.76 bits per heavy atom. The highest BCUT2D eigenvalue weighted by atomic mass is 16.6. The van der Waals surface area contributed by atoms with E-state index in [-0.39, 0.29) is 12.0 Å². The second-order valence-corrected chi connectivity index (χ2v) is 8.86. The fraction of sp³-hybridized carbons (Fsp3) is 0.360. The van der Waals surface area contributed by atoms with Crippen molar-refractivity contribution < 1.29 is 19.4 Å². The number of carbonyl (C=O) groups is 1. The summed E-state index contributed by atoms with van der Waals surface area (Å²) < 4.78 is 13.2. The number of β-amino-alcohol motifs (C(OH)–C–C–N with tert-alkyl or cyclic N) is 1. The highest BCUT2D eigenvalue weighted by Crippen LogP contribution is 2.40. The van der Waals surface area contributed by atoms with Crippen LogP contribution < -0.4 is 14.4 Å². The third-order valence-electron chi connectivity index (χ3n) is 6.65. The average molecular weight is 447 g/mol. The molecule has 0 aliphatic carbocycles. The minimum Gasteiger partial charge on any atom is -0.486 e. The van der Waals surface area contributed by atoms with Crippen LogP contribution in [0.15, 0.2) is 42.5 Å². The van der Waals surface area contributed by atoms with Gasteiger partial charge in [-0.3, -0.25) is 14.4 Å². The number of aromatic nitrogens is 2. The second-order valence-electron chi connectivity index (χ2n) is 8.86. The second kappa shape index (κ2) is 7.90. The van der Waals surface area contributed by atoms with Gasteiger partial charge in [0.1, 0.15) is 13.2 Å². The van der Waals surface area contributed by atoms with Crippen LogP contribution in [0.3, 0.4) is 0 Å². The molecule has 0 bridgehead atoms. The van der Waals surface area contributed by atoms with E-state index in [9.17, 15) is 9.90 Å². The summed E-state index contributed by atoms with van der Waals surface area (Å²) >= 11 is 0. The molecule has 1 saturated heterocycles. The first kappa shape index (κ1) is 20.3. The summed E-state index contributed by atoms with van der Waals surface area (Å²) in [6, 6.07) is 14.0. The van der Waals surface area contributed by atoms with E-state index in [1.165, 1.54) is 0 Å². The van der Waals surface area contributed by atoms with Crippen LogP contribution in [0.1, 0.15) is 21.7 Å². The molecule has 3 aromatic rings. The fourth-order valence-corrected chi connectivity index (χ4v) is 4.92. The standard InChI is InChI=1S/C25H26N4O4/c1-27-17(13-28-14-18(30)15-28)12-21(26-27)25(31)29-8-7-20-19(3-2-4-22(20)29)16-5-6-23-24(11-16)33-10-9-32-23/h2-6,11-12,18,30H,7-10,13-15H2,1H3. The van der Waals surface area contributed by atoms with Crippen molar-refractivity contribution >= 4 is 11.6 Å². The summed E-state index contributed by atoms with van der Waals surface area (Å²) in [6.45, 7) is 3.75. The Labute approximate surface area is 191 Å². The molecule has 6 rings (SSSR count). The van der Waals surface area contributed by atoms with Gasteiger partial charge in [-0.05, 0) is 47.4 Å². The minimum atomic E-state index is -0.246. The first-order chi connectivity index (χ1) is 16.1. The molecule has 1 fully saturated rings. The minimum absolute atomic E-state index is 0.0847. The molecular formula is C25H26N4O4. The number of hydrogen-bond donors (Lipinski definition) is 1. The molecule has 0 atom stereocenters. The van der Waals surface area contributed by atoms with Crippen LogP contribution in [0.4, 0.5) is 5.69 Å². The van der Waals surface area contributed by atoms with Gasteiger partial charge in [-0.15, -0.1) is 0 Å². The predicted octanol–water partition coefficient (Wildman–Crippen LogP) is 2.24. The number of nitrogens with zero attached hydrogens (tertiary/aromatic N) is 4. The Morgan fingerprint density at radius 1 is 1.12 bits per heavy atom. The Hall–Kier alpha value is -3.36. The van der Waals surface area contributed by atoms with Gasteiger partial charge in [0.25, 0.3) is 5.91 Å². The van der Waals surface area contributed by atoms with Crippen molar-refractivity contribution in [3.8, 4) is 22.6 Å². The van der Waals surface area contributed by atoms with Gasteiger partial charge in [-0.2, -0.15) is 5.10 Å². The lowest BCUT2D eigenvalue weighted by Gasteiger charge is -2.35. The summed E-state index contributed by atoms with van der Waals surface area (Å²) in [4.78, 5) is 17.4. The van der Waals surface area contributed by atoms with Gasteiger partial charge in [0.05, 0.1) is 11.8 Å². The maximum Gasteiger partial charge on any atom is 0.278 e. The van der Waals surface area contributed by atoms with Gasteiger partial charge in [0.2, 0.25) is 0 Å². The van der Waals surface area contributed by atoms with Gasteiger partial charge in [-0.1, -0.05) is 18.2 Å². The zero-order chi connectivity index (χ0) is 22.5. The zero-order valence-electron chi connectivity index (χ0n) is 18.5. The van der Waals surface area contributed by atoms with E-state index in [0.29, 0.717) is 45.1 Å². The van der Waals surface area contributed by atoms with Crippen molar-refractivity contribution in [2.24, 2.45) is 7.05 Å². The lowest BCUT2D eigenvalue weighted by molar-refractivity contribution is -0.00414. The monoisotopic (exact) mass is 446 g/mol. The molecule has 0 radical (unpaired) electrons. The van der Waals surface area contributed by atoms with Crippen LogP contribution in [0.2, 0.25) is 0 Å². The zero-order valence-corrected chi connectivity index (χ0v) is 18.5. The van der Waals surface area contributed by atoms with E-state index in [1.54, 1.807) is 4.68 Å². The summed E-state index contributed by atoms with van der Waals surface area (Å²) in [7, 11) is 1.86. The van der Waals surface area contributed by atoms with E-state index in [2.05, 4.69) is 16.1 Å². The van der Waals surface area contributed by atoms with Gasteiger partial charge in [0.15, 0.2) is 17.2 Å². The Morgan fingerprint density at radius 2 is 1.94 bits per heavy atom. The Kier molecular flexibility index (Phi) is 4.85. The quantitative estimate of drug-likeness (QED) is 0.662. The predicted molar refractivity (Wildman–Crippen MR) is 123 cm³/mol. The molecule has 3 aliphatic heterocycles. The largest absolute Gasteiger partial charge is 0.486 e. The number of fused-ring (bicyclic) bond motifs is 2. The third kappa shape index (κ3) is 3.55. The summed E-state index contributed by atoms with van der Waals surface area (Å²) in [5.41, 5.74) is 5.68. The van der Waals surface area contributed by atoms with Crippen molar-refractivity contribution in [3.05, 3.63) is 59.4 Å². The normalized spacial score (nSPS) is 17.7. The molecule has 3 aliphatic rings. The van der Waals surface area contributed by atoms with E-state index in [4.69, 9.17) is 9.47 Å². The van der Waals surface area contributed by atoms with Crippen LogP contribution in [0, 0.1) is 0 Å². The molecule has 1 N–H and O–H groups in total. The van der Waals surface area contributed by atoms with Gasteiger partial charge >= 0.3 is 0 Å². The topological polar surface area (TPSA) is 80.1 Å². The number of aliphatic hydroxyl groups is 1. The number of ether oxygens (including phenoxy) is 2. The third-order valence-corrected chi connectivity index (χ3v) is 6.65. The molecule has 1 aromatic heterocycles. The molecule has 8 nitrogen and oxygen atoms in total.